The van der Waals surface area contributed by atoms with E-state index in [9.17, 15) is 14.9 Å². The van der Waals surface area contributed by atoms with Crippen LogP contribution in [0.4, 0.5) is 17.1 Å². The molecule has 0 aliphatic rings. The molecule has 0 fully saturated rings. The number of nitro groups is 1. The van der Waals surface area contributed by atoms with Gasteiger partial charge in [-0.05, 0) is 13.0 Å². The number of likely N-dealkylation sites (N-methyl/N-ethyl adjacent to an activating group) is 2. The minimum absolute atomic E-state index is 0.00259. The molecule has 1 aromatic carbocycles. The molecule has 1 aromatic rings. The van der Waals surface area contributed by atoms with Crippen molar-refractivity contribution in [2.45, 2.75) is 6.92 Å². The number of carbonyl (C=O) groups is 1. The Labute approximate surface area is 111 Å². The third-order valence-corrected chi connectivity index (χ3v) is 2.76. The lowest BCUT2D eigenvalue weighted by Gasteiger charge is -2.22. The van der Waals surface area contributed by atoms with Crippen LogP contribution >= 0.6 is 0 Å². The molecule has 0 saturated heterocycles. The van der Waals surface area contributed by atoms with Gasteiger partial charge in [0.25, 0.3) is 5.69 Å². The molecule has 0 radical (unpaired) electrons. The van der Waals surface area contributed by atoms with Gasteiger partial charge in [-0.25, -0.2) is 0 Å². The number of nitrogens with one attached hydrogen (secondary N) is 2. The van der Waals surface area contributed by atoms with Crippen LogP contribution in [0.25, 0.3) is 0 Å². The molecule has 7 heteroatoms. The van der Waals surface area contributed by atoms with Gasteiger partial charge < -0.3 is 15.5 Å². The van der Waals surface area contributed by atoms with E-state index in [0.29, 0.717) is 17.9 Å². The molecule has 1 rings (SSSR count). The van der Waals surface area contributed by atoms with E-state index >= 15 is 0 Å². The van der Waals surface area contributed by atoms with Gasteiger partial charge in [0.05, 0.1) is 11.5 Å². The normalized spacial score (nSPS) is 9.84. The first-order valence-electron chi connectivity index (χ1n) is 5.94. The van der Waals surface area contributed by atoms with Crippen molar-refractivity contribution in [2.75, 3.05) is 37.4 Å². The summed E-state index contributed by atoms with van der Waals surface area (Å²) >= 11 is 0. The number of nitro benzene ring substituents is 1. The summed E-state index contributed by atoms with van der Waals surface area (Å²) in [5.41, 5.74) is 1.28. The van der Waals surface area contributed by atoms with E-state index in [-0.39, 0.29) is 18.1 Å². The lowest BCUT2D eigenvalue weighted by Crippen LogP contribution is -2.35. The van der Waals surface area contributed by atoms with E-state index in [1.165, 1.54) is 12.1 Å². The van der Waals surface area contributed by atoms with Crippen molar-refractivity contribution in [3.8, 4) is 0 Å². The van der Waals surface area contributed by atoms with Gasteiger partial charge in [-0.3, -0.25) is 14.9 Å². The zero-order chi connectivity index (χ0) is 14.4. The SMILES string of the molecule is CCN(CC(=O)NC)c1cc(NC)cc([N+](=O)[O-])c1. The maximum absolute atomic E-state index is 11.4. The molecular weight excluding hydrogens is 248 g/mol. The predicted octanol–water partition coefficient (Wildman–Crippen LogP) is 1.21. The van der Waals surface area contributed by atoms with Crippen LogP contribution < -0.4 is 15.5 Å². The van der Waals surface area contributed by atoms with E-state index in [1.807, 2.05) is 6.92 Å². The average Bonchev–Trinajstić information content (AvgIpc) is 2.43. The van der Waals surface area contributed by atoms with Crippen LogP contribution in [0.5, 0.6) is 0 Å². The minimum atomic E-state index is -0.446. The van der Waals surface area contributed by atoms with E-state index in [1.54, 1.807) is 25.1 Å². The highest BCUT2D eigenvalue weighted by molar-refractivity contribution is 5.81. The number of amides is 1. The van der Waals surface area contributed by atoms with Gasteiger partial charge >= 0.3 is 0 Å². The molecule has 19 heavy (non-hydrogen) atoms. The van der Waals surface area contributed by atoms with Crippen molar-refractivity contribution < 1.29 is 9.72 Å². The van der Waals surface area contributed by atoms with Gasteiger partial charge in [0.2, 0.25) is 5.91 Å². The van der Waals surface area contributed by atoms with Gasteiger partial charge in [-0.15, -0.1) is 0 Å². The van der Waals surface area contributed by atoms with E-state index < -0.39 is 4.92 Å². The smallest absolute Gasteiger partial charge is 0.273 e. The highest BCUT2D eigenvalue weighted by Crippen LogP contribution is 2.26. The molecule has 0 heterocycles. The average molecular weight is 266 g/mol. The number of rotatable bonds is 6. The number of hydrogen-bond acceptors (Lipinski definition) is 5. The van der Waals surface area contributed by atoms with Crippen molar-refractivity contribution >= 4 is 23.0 Å². The number of non-ortho nitro benzene ring substituents is 1. The Kier molecular flexibility index (Phi) is 5.11. The van der Waals surface area contributed by atoms with Gasteiger partial charge in [-0.1, -0.05) is 0 Å². The summed E-state index contributed by atoms with van der Waals surface area (Å²) in [4.78, 5) is 23.6. The van der Waals surface area contributed by atoms with Crippen LogP contribution in [0.1, 0.15) is 6.92 Å². The summed E-state index contributed by atoms with van der Waals surface area (Å²) in [7, 11) is 3.25. The Hall–Kier alpha value is -2.31. The molecule has 0 aromatic heterocycles. The molecule has 0 aliphatic heterocycles. The van der Waals surface area contributed by atoms with Crippen LogP contribution in [-0.4, -0.2) is 38.0 Å². The first-order valence-corrected chi connectivity index (χ1v) is 5.94. The molecular formula is C12H18N4O3. The summed E-state index contributed by atoms with van der Waals surface area (Å²) in [6.07, 6.45) is 0. The van der Waals surface area contributed by atoms with Crippen LogP contribution in [0, 0.1) is 10.1 Å². The number of nitrogens with zero attached hydrogens (tertiary/aromatic N) is 2. The van der Waals surface area contributed by atoms with Gasteiger partial charge in [-0.2, -0.15) is 0 Å². The predicted molar refractivity (Wildman–Crippen MR) is 74.6 cm³/mol. The highest BCUT2D eigenvalue weighted by atomic mass is 16.6. The summed E-state index contributed by atoms with van der Waals surface area (Å²) < 4.78 is 0. The second-order valence-corrected chi connectivity index (χ2v) is 3.93. The highest BCUT2D eigenvalue weighted by Gasteiger charge is 2.14. The summed E-state index contributed by atoms with van der Waals surface area (Å²) in [5.74, 6) is -0.139. The third kappa shape index (κ3) is 3.84. The molecule has 2 N–H and O–H groups in total. The molecule has 0 saturated carbocycles. The van der Waals surface area contributed by atoms with Gasteiger partial charge in [0.15, 0.2) is 0 Å². The topological polar surface area (TPSA) is 87.5 Å². The Morgan fingerprint density at radius 1 is 1.37 bits per heavy atom. The van der Waals surface area contributed by atoms with Gasteiger partial charge in [0.1, 0.15) is 0 Å². The van der Waals surface area contributed by atoms with Crippen molar-refractivity contribution in [2.24, 2.45) is 0 Å². The lowest BCUT2D eigenvalue weighted by molar-refractivity contribution is -0.384. The maximum atomic E-state index is 11.4. The monoisotopic (exact) mass is 266 g/mol. The van der Waals surface area contributed by atoms with E-state index in [4.69, 9.17) is 0 Å². The Bertz CT molecular complexity index is 476. The second-order valence-electron chi connectivity index (χ2n) is 3.93. The molecule has 7 nitrogen and oxygen atoms in total. The number of hydrogen-bond donors (Lipinski definition) is 2. The molecule has 104 valence electrons. The molecule has 1 amide bonds. The quantitative estimate of drug-likeness (QED) is 0.597. The lowest BCUT2D eigenvalue weighted by atomic mass is 10.2. The molecule has 0 unspecified atom stereocenters. The molecule has 0 atom stereocenters. The largest absolute Gasteiger partial charge is 0.388 e. The van der Waals surface area contributed by atoms with Crippen LogP contribution in [0.2, 0.25) is 0 Å². The number of carbonyl (C=O) groups excluding carboxylic acids is 1. The summed E-state index contributed by atoms with van der Waals surface area (Å²) in [6, 6.07) is 4.70. The van der Waals surface area contributed by atoms with E-state index in [2.05, 4.69) is 10.6 Å². The first kappa shape index (κ1) is 14.7. The fourth-order valence-electron chi connectivity index (χ4n) is 1.67. The third-order valence-electron chi connectivity index (χ3n) is 2.76. The number of anilines is 2. The number of benzene rings is 1. The Morgan fingerprint density at radius 2 is 2.05 bits per heavy atom. The zero-order valence-electron chi connectivity index (χ0n) is 11.3. The standard InChI is InChI=1S/C12H18N4O3/c1-4-15(8-12(17)14-3)10-5-9(13-2)6-11(7-10)16(18)19/h5-7,13H,4,8H2,1-3H3,(H,14,17). The van der Waals surface area contributed by atoms with Gasteiger partial charge in [0, 0.05) is 44.1 Å². The summed E-state index contributed by atoms with van der Waals surface area (Å²) in [6.45, 7) is 2.63. The fourth-order valence-corrected chi connectivity index (χ4v) is 1.67. The molecule has 0 spiro atoms. The van der Waals surface area contributed by atoms with Crippen LogP contribution in [-0.2, 0) is 4.79 Å². The van der Waals surface area contributed by atoms with Crippen molar-refractivity contribution in [1.29, 1.82) is 0 Å². The fraction of sp³-hybridized carbons (Fsp3) is 0.417. The van der Waals surface area contributed by atoms with Crippen LogP contribution in [0.3, 0.4) is 0 Å². The van der Waals surface area contributed by atoms with Crippen molar-refractivity contribution in [3.63, 3.8) is 0 Å². The van der Waals surface area contributed by atoms with Crippen molar-refractivity contribution in [3.05, 3.63) is 28.3 Å². The molecule has 0 bridgehead atoms. The second kappa shape index (κ2) is 6.58. The zero-order valence-corrected chi connectivity index (χ0v) is 11.3. The first-order chi connectivity index (χ1) is 9.01. The Morgan fingerprint density at radius 3 is 2.53 bits per heavy atom. The van der Waals surface area contributed by atoms with E-state index in [0.717, 1.165) is 0 Å². The summed E-state index contributed by atoms with van der Waals surface area (Å²) in [5, 5.41) is 16.3. The van der Waals surface area contributed by atoms with Crippen LogP contribution in [0.15, 0.2) is 18.2 Å². The minimum Gasteiger partial charge on any atom is -0.388 e. The maximum Gasteiger partial charge on any atom is 0.273 e. The van der Waals surface area contributed by atoms with Crippen molar-refractivity contribution in [1.82, 2.24) is 5.32 Å². The Balaban J connectivity index is 3.11. The molecule has 0 aliphatic carbocycles.